The third kappa shape index (κ3) is 4.48. The molecule has 0 saturated heterocycles. The zero-order valence-corrected chi connectivity index (χ0v) is 11.8. The van der Waals surface area contributed by atoms with Crippen LogP contribution in [0.25, 0.3) is 0 Å². The average molecular weight is 258 g/mol. The summed E-state index contributed by atoms with van der Waals surface area (Å²) >= 11 is 0. The lowest BCUT2D eigenvalue weighted by Gasteiger charge is -2.37. The van der Waals surface area contributed by atoms with E-state index >= 15 is 0 Å². The number of alkyl halides is 1. The number of hydrogen-bond acceptors (Lipinski definition) is 3. The van der Waals surface area contributed by atoms with E-state index in [4.69, 9.17) is 4.74 Å². The molecule has 106 valence electrons. The second-order valence-corrected chi connectivity index (χ2v) is 6.20. The van der Waals surface area contributed by atoms with Crippen LogP contribution in [-0.2, 0) is 4.74 Å². The molecule has 0 bridgehead atoms. The fourth-order valence-corrected chi connectivity index (χ4v) is 2.51. The van der Waals surface area contributed by atoms with E-state index in [0.29, 0.717) is 30.7 Å². The lowest BCUT2D eigenvalue weighted by atomic mass is 9.89. The van der Waals surface area contributed by atoms with Crippen LogP contribution in [0.3, 0.4) is 0 Å². The van der Waals surface area contributed by atoms with Gasteiger partial charge in [0.1, 0.15) is 6.17 Å². The van der Waals surface area contributed by atoms with Gasteiger partial charge in [-0.1, -0.05) is 13.8 Å². The molecule has 0 aromatic heterocycles. The molecule has 18 heavy (non-hydrogen) atoms. The van der Waals surface area contributed by atoms with Crippen LogP contribution in [0.1, 0.15) is 46.5 Å². The molecule has 2 aliphatic rings. The lowest BCUT2D eigenvalue weighted by Crippen LogP contribution is -2.48. The minimum atomic E-state index is -0.608. The van der Waals surface area contributed by atoms with Crippen molar-refractivity contribution in [2.24, 2.45) is 0 Å². The molecular formula is C14H27FN2O. The molecule has 2 rings (SSSR count). The average Bonchev–Trinajstić information content (AvgIpc) is 2.89. The van der Waals surface area contributed by atoms with Crippen LogP contribution in [0.15, 0.2) is 0 Å². The van der Waals surface area contributed by atoms with Crippen LogP contribution in [0.4, 0.5) is 4.39 Å². The van der Waals surface area contributed by atoms with E-state index in [1.54, 1.807) is 0 Å². The first-order valence-electron chi connectivity index (χ1n) is 7.32. The fraction of sp³-hybridized carbons (Fsp3) is 1.00. The number of rotatable bonds is 8. The molecular weight excluding hydrogens is 231 g/mol. The maximum absolute atomic E-state index is 12.7. The molecule has 2 N–H and O–H groups in total. The Labute approximate surface area is 110 Å². The summed E-state index contributed by atoms with van der Waals surface area (Å²) in [7, 11) is 0. The normalized spacial score (nSPS) is 36.5. The summed E-state index contributed by atoms with van der Waals surface area (Å²) in [6.07, 6.45) is 3.76. The molecule has 0 radical (unpaired) electrons. The molecule has 2 aliphatic carbocycles. The van der Waals surface area contributed by atoms with Crippen molar-refractivity contribution in [2.75, 3.05) is 6.61 Å². The lowest BCUT2D eigenvalue weighted by molar-refractivity contribution is -0.0209. The minimum Gasteiger partial charge on any atom is -0.378 e. The third-order valence-corrected chi connectivity index (χ3v) is 3.78. The minimum absolute atomic E-state index is 0.114. The highest BCUT2D eigenvalue weighted by molar-refractivity contribution is 4.95. The van der Waals surface area contributed by atoms with E-state index in [9.17, 15) is 4.39 Å². The van der Waals surface area contributed by atoms with E-state index in [1.165, 1.54) is 0 Å². The summed E-state index contributed by atoms with van der Waals surface area (Å²) < 4.78 is 18.5. The SMILES string of the molecule is CC(CCO[C@H]1C[C@@H](NC(C)C)C1)N[C@@H]1C[C@@H]1F. The smallest absolute Gasteiger partial charge is 0.117 e. The number of halogens is 1. The molecule has 4 heteroatoms. The topological polar surface area (TPSA) is 33.3 Å². The zero-order valence-electron chi connectivity index (χ0n) is 11.8. The Morgan fingerprint density at radius 1 is 1.17 bits per heavy atom. The largest absolute Gasteiger partial charge is 0.378 e. The van der Waals surface area contributed by atoms with E-state index in [-0.39, 0.29) is 6.04 Å². The van der Waals surface area contributed by atoms with Gasteiger partial charge in [0.25, 0.3) is 0 Å². The van der Waals surface area contributed by atoms with Crippen molar-refractivity contribution in [1.29, 1.82) is 0 Å². The molecule has 2 saturated carbocycles. The van der Waals surface area contributed by atoms with Gasteiger partial charge in [-0.05, 0) is 32.6 Å². The second kappa shape index (κ2) is 6.31. The summed E-state index contributed by atoms with van der Waals surface area (Å²) in [5.41, 5.74) is 0. The first-order chi connectivity index (χ1) is 8.54. The maximum Gasteiger partial charge on any atom is 0.117 e. The molecule has 0 aliphatic heterocycles. The Morgan fingerprint density at radius 3 is 2.39 bits per heavy atom. The fourth-order valence-electron chi connectivity index (χ4n) is 2.51. The summed E-state index contributed by atoms with van der Waals surface area (Å²) in [6, 6.07) is 1.68. The van der Waals surface area contributed by atoms with E-state index in [1.807, 2.05) is 0 Å². The molecule has 3 nitrogen and oxygen atoms in total. The quantitative estimate of drug-likeness (QED) is 0.699. The van der Waals surface area contributed by atoms with Gasteiger partial charge in [0.05, 0.1) is 6.10 Å². The van der Waals surface area contributed by atoms with Crippen LogP contribution in [0.2, 0.25) is 0 Å². The predicted octanol–water partition coefficient (Wildman–Crippen LogP) is 2.01. The molecule has 0 aromatic rings. The van der Waals surface area contributed by atoms with Crippen molar-refractivity contribution in [3.05, 3.63) is 0 Å². The van der Waals surface area contributed by atoms with Crippen molar-refractivity contribution in [2.45, 2.75) is 82.9 Å². The highest BCUT2D eigenvalue weighted by atomic mass is 19.1. The Balaban J connectivity index is 1.44. The number of nitrogens with one attached hydrogen (secondary N) is 2. The molecule has 0 heterocycles. The van der Waals surface area contributed by atoms with Crippen molar-refractivity contribution >= 4 is 0 Å². The Kier molecular flexibility index (Phi) is 4.98. The van der Waals surface area contributed by atoms with Gasteiger partial charge in [-0.15, -0.1) is 0 Å². The summed E-state index contributed by atoms with van der Waals surface area (Å²) in [6.45, 7) is 7.25. The highest BCUT2D eigenvalue weighted by Crippen LogP contribution is 2.26. The van der Waals surface area contributed by atoms with E-state index in [0.717, 1.165) is 25.9 Å². The van der Waals surface area contributed by atoms with Crippen LogP contribution in [0, 0.1) is 0 Å². The van der Waals surface area contributed by atoms with Crippen molar-refractivity contribution in [1.82, 2.24) is 10.6 Å². The van der Waals surface area contributed by atoms with Gasteiger partial charge in [0, 0.05) is 30.8 Å². The van der Waals surface area contributed by atoms with Crippen LogP contribution < -0.4 is 10.6 Å². The number of hydrogen-bond donors (Lipinski definition) is 2. The first kappa shape index (κ1) is 14.2. The molecule has 0 aromatic carbocycles. The third-order valence-electron chi connectivity index (χ3n) is 3.78. The van der Waals surface area contributed by atoms with Gasteiger partial charge in [-0.2, -0.15) is 0 Å². The van der Waals surface area contributed by atoms with Gasteiger partial charge < -0.3 is 15.4 Å². The van der Waals surface area contributed by atoms with Crippen molar-refractivity contribution < 1.29 is 9.13 Å². The van der Waals surface area contributed by atoms with Crippen LogP contribution in [-0.4, -0.2) is 43.0 Å². The Bertz CT molecular complexity index is 256. The monoisotopic (exact) mass is 258 g/mol. The van der Waals surface area contributed by atoms with Crippen molar-refractivity contribution in [3.63, 3.8) is 0 Å². The van der Waals surface area contributed by atoms with Gasteiger partial charge >= 0.3 is 0 Å². The predicted molar refractivity (Wildman–Crippen MR) is 71.5 cm³/mol. The van der Waals surface area contributed by atoms with Gasteiger partial charge in [-0.3, -0.25) is 0 Å². The molecule has 1 unspecified atom stereocenters. The first-order valence-corrected chi connectivity index (χ1v) is 7.32. The standard InChI is InChI=1S/C14H27FN2O/c1-9(2)16-11-6-12(7-11)18-5-4-10(3)17-14-8-13(14)15/h9-14,16-17H,4-8H2,1-3H3/t10?,11-,12+,13-,14+/m0/s1. The van der Waals surface area contributed by atoms with Crippen LogP contribution >= 0.6 is 0 Å². The van der Waals surface area contributed by atoms with Gasteiger partial charge in [0.15, 0.2) is 0 Å². The molecule has 0 amide bonds. The van der Waals surface area contributed by atoms with Gasteiger partial charge in [-0.25, -0.2) is 4.39 Å². The molecule has 2 fully saturated rings. The van der Waals surface area contributed by atoms with Crippen molar-refractivity contribution in [3.8, 4) is 0 Å². The van der Waals surface area contributed by atoms with E-state index in [2.05, 4.69) is 31.4 Å². The zero-order chi connectivity index (χ0) is 13.1. The van der Waals surface area contributed by atoms with Gasteiger partial charge in [0.2, 0.25) is 0 Å². The Hall–Kier alpha value is -0.190. The summed E-state index contributed by atoms with van der Waals surface area (Å²) in [5.74, 6) is 0. The number of ether oxygens (including phenoxy) is 1. The van der Waals surface area contributed by atoms with Crippen LogP contribution in [0.5, 0.6) is 0 Å². The molecule has 0 spiro atoms. The maximum atomic E-state index is 12.7. The summed E-state index contributed by atoms with van der Waals surface area (Å²) in [4.78, 5) is 0. The second-order valence-electron chi connectivity index (χ2n) is 6.20. The van der Waals surface area contributed by atoms with E-state index < -0.39 is 6.17 Å². The Morgan fingerprint density at radius 2 is 1.83 bits per heavy atom. The highest BCUT2D eigenvalue weighted by Gasteiger charge is 2.37. The summed E-state index contributed by atoms with van der Waals surface area (Å²) in [5, 5.41) is 6.79. The molecule has 3 atom stereocenters.